The molecule has 0 radical (unpaired) electrons. The third kappa shape index (κ3) is 2.68. The lowest BCUT2D eigenvalue weighted by Gasteiger charge is -2.04. The Morgan fingerprint density at radius 3 is 2.59 bits per heavy atom. The number of rotatable bonds is 4. The molecule has 3 nitrogen and oxygen atoms in total. The maximum atomic E-state index is 13.1. The average Bonchev–Trinajstić information content (AvgIpc) is 2.73. The van der Waals surface area contributed by atoms with Crippen molar-refractivity contribution >= 4 is 0 Å². The molecule has 0 amide bonds. The van der Waals surface area contributed by atoms with Crippen LogP contribution in [-0.2, 0) is 6.54 Å². The van der Waals surface area contributed by atoms with Crippen molar-refractivity contribution in [3.05, 3.63) is 41.6 Å². The van der Waals surface area contributed by atoms with E-state index < -0.39 is 11.6 Å². The van der Waals surface area contributed by atoms with Crippen LogP contribution >= 0.6 is 0 Å². The van der Waals surface area contributed by atoms with Gasteiger partial charge in [0.2, 0.25) is 0 Å². The fourth-order valence-corrected chi connectivity index (χ4v) is 1.65. The lowest BCUT2D eigenvalue weighted by Crippen LogP contribution is -2.11. The molecule has 2 N–H and O–H groups in total. The molecular weight excluding hydrogens is 224 g/mol. The van der Waals surface area contributed by atoms with E-state index in [1.165, 1.54) is 12.1 Å². The number of benzene rings is 1. The Labute approximate surface area is 97.9 Å². The lowest BCUT2D eigenvalue weighted by molar-refractivity contribution is 0.584. The summed E-state index contributed by atoms with van der Waals surface area (Å²) >= 11 is 0. The van der Waals surface area contributed by atoms with Gasteiger partial charge in [-0.15, -0.1) is 0 Å². The minimum atomic E-state index is -0.594. The maximum Gasteiger partial charge on any atom is 0.126 e. The molecule has 0 aliphatic rings. The van der Waals surface area contributed by atoms with Crippen molar-refractivity contribution in [1.82, 2.24) is 15.5 Å². The van der Waals surface area contributed by atoms with Crippen LogP contribution in [0.25, 0.3) is 11.3 Å². The fourth-order valence-electron chi connectivity index (χ4n) is 1.65. The van der Waals surface area contributed by atoms with Crippen molar-refractivity contribution in [2.75, 3.05) is 6.54 Å². The van der Waals surface area contributed by atoms with Crippen molar-refractivity contribution < 1.29 is 8.78 Å². The van der Waals surface area contributed by atoms with E-state index in [0.29, 0.717) is 17.8 Å². The molecule has 0 unspecified atom stereocenters. The monoisotopic (exact) mass is 237 g/mol. The first-order valence-corrected chi connectivity index (χ1v) is 5.40. The predicted molar refractivity (Wildman–Crippen MR) is 61.3 cm³/mol. The average molecular weight is 237 g/mol. The summed E-state index contributed by atoms with van der Waals surface area (Å²) in [4.78, 5) is 0. The molecule has 0 aliphatic heterocycles. The van der Waals surface area contributed by atoms with Crippen LogP contribution < -0.4 is 5.32 Å². The van der Waals surface area contributed by atoms with Gasteiger partial charge in [-0.05, 0) is 18.7 Å². The van der Waals surface area contributed by atoms with Gasteiger partial charge < -0.3 is 5.32 Å². The van der Waals surface area contributed by atoms with E-state index in [1.54, 1.807) is 6.20 Å². The van der Waals surface area contributed by atoms with Crippen molar-refractivity contribution in [2.45, 2.75) is 13.5 Å². The Kier molecular flexibility index (Phi) is 3.49. The van der Waals surface area contributed by atoms with Gasteiger partial charge in [-0.3, -0.25) is 5.10 Å². The van der Waals surface area contributed by atoms with Gasteiger partial charge in [-0.1, -0.05) is 6.92 Å². The van der Waals surface area contributed by atoms with E-state index in [-0.39, 0.29) is 0 Å². The summed E-state index contributed by atoms with van der Waals surface area (Å²) < 4.78 is 26.2. The molecule has 1 aromatic heterocycles. The third-order valence-corrected chi connectivity index (χ3v) is 2.43. The Morgan fingerprint density at radius 2 is 1.94 bits per heavy atom. The number of nitrogens with one attached hydrogen (secondary N) is 2. The summed E-state index contributed by atoms with van der Waals surface area (Å²) in [6, 6.07) is 3.42. The van der Waals surface area contributed by atoms with Crippen molar-refractivity contribution in [2.24, 2.45) is 0 Å². The van der Waals surface area contributed by atoms with Crippen molar-refractivity contribution in [1.29, 1.82) is 0 Å². The van der Waals surface area contributed by atoms with E-state index in [1.807, 2.05) is 6.92 Å². The molecule has 0 spiro atoms. The number of halogens is 2. The van der Waals surface area contributed by atoms with Gasteiger partial charge in [0.15, 0.2) is 0 Å². The molecule has 2 rings (SSSR count). The van der Waals surface area contributed by atoms with Gasteiger partial charge in [0.05, 0.1) is 11.9 Å². The zero-order valence-corrected chi connectivity index (χ0v) is 9.43. The van der Waals surface area contributed by atoms with Crippen LogP contribution in [0.5, 0.6) is 0 Å². The molecule has 2 aromatic rings. The molecule has 90 valence electrons. The first-order chi connectivity index (χ1) is 8.20. The van der Waals surface area contributed by atoms with Crippen LogP contribution in [0.4, 0.5) is 8.78 Å². The predicted octanol–water partition coefficient (Wildman–Crippen LogP) is 2.46. The van der Waals surface area contributed by atoms with Crippen LogP contribution in [0.2, 0.25) is 0 Å². The highest BCUT2D eigenvalue weighted by Gasteiger charge is 2.09. The van der Waals surface area contributed by atoms with Gasteiger partial charge in [0, 0.05) is 23.7 Å². The van der Waals surface area contributed by atoms with Crippen LogP contribution in [0.15, 0.2) is 24.4 Å². The second-order valence-corrected chi connectivity index (χ2v) is 3.71. The molecule has 0 bridgehead atoms. The summed E-state index contributed by atoms with van der Waals surface area (Å²) in [7, 11) is 0. The Bertz CT molecular complexity index is 488. The van der Waals surface area contributed by atoms with Crippen molar-refractivity contribution in [3.8, 4) is 11.3 Å². The standard InChI is InChI=1S/C12H13F2N3/c1-2-15-6-9-7-16-17-12(9)8-3-10(13)5-11(14)4-8/h3-5,7,15H,2,6H2,1H3,(H,16,17). The summed E-state index contributed by atoms with van der Waals surface area (Å²) in [5, 5.41) is 9.81. The largest absolute Gasteiger partial charge is 0.313 e. The molecular formula is C12H13F2N3. The van der Waals surface area contributed by atoms with E-state index in [4.69, 9.17) is 0 Å². The molecule has 0 saturated heterocycles. The second-order valence-electron chi connectivity index (χ2n) is 3.71. The molecule has 17 heavy (non-hydrogen) atoms. The SMILES string of the molecule is CCNCc1cn[nH]c1-c1cc(F)cc(F)c1. The van der Waals surface area contributed by atoms with Gasteiger partial charge in [0.25, 0.3) is 0 Å². The number of hydrogen-bond acceptors (Lipinski definition) is 2. The molecule has 0 fully saturated rings. The smallest absolute Gasteiger partial charge is 0.126 e. The molecule has 1 heterocycles. The number of H-pyrrole nitrogens is 1. The number of aromatic amines is 1. The van der Waals surface area contributed by atoms with Gasteiger partial charge in [-0.2, -0.15) is 5.10 Å². The minimum Gasteiger partial charge on any atom is -0.313 e. The summed E-state index contributed by atoms with van der Waals surface area (Å²) in [5.74, 6) is -1.19. The van der Waals surface area contributed by atoms with E-state index >= 15 is 0 Å². The number of nitrogens with zero attached hydrogens (tertiary/aromatic N) is 1. The summed E-state index contributed by atoms with van der Waals surface area (Å²) in [6.07, 6.45) is 1.65. The molecule has 0 atom stereocenters. The van der Waals surface area contributed by atoms with E-state index in [9.17, 15) is 8.78 Å². The maximum absolute atomic E-state index is 13.1. The first-order valence-electron chi connectivity index (χ1n) is 5.40. The van der Waals surface area contributed by atoms with Gasteiger partial charge in [0.1, 0.15) is 11.6 Å². The Balaban J connectivity index is 2.35. The van der Waals surface area contributed by atoms with E-state index in [2.05, 4.69) is 15.5 Å². The Hall–Kier alpha value is -1.75. The normalized spacial score (nSPS) is 10.8. The minimum absolute atomic E-state index is 0.466. The van der Waals surface area contributed by atoms with Crippen LogP contribution in [0, 0.1) is 11.6 Å². The van der Waals surface area contributed by atoms with E-state index in [0.717, 1.165) is 18.2 Å². The fraction of sp³-hybridized carbons (Fsp3) is 0.250. The lowest BCUT2D eigenvalue weighted by atomic mass is 10.1. The molecule has 0 saturated carbocycles. The van der Waals surface area contributed by atoms with Crippen LogP contribution in [0.3, 0.4) is 0 Å². The summed E-state index contributed by atoms with van der Waals surface area (Å²) in [5.41, 5.74) is 1.99. The Morgan fingerprint density at radius 1 is 1.24 bits per heavy atom. The van der Waals surface area contributed by atoms with Crippen LogP contribution in [0.1, 0.15) is 12.5 Å². The first kappa shape index (κ1) is 11.7. The molecule has 0 aliphatic carbocycles. The third-order valence-electron chi connectivity index (χ3n) is 2.43. The highest BCUT2D eigenvalue weighted by atomic mass is 19.1. The topological polar surface area (TPSA) is 40.7 Å². The molecule has 1 aromatic carbocycles. The van der Waals surface area contributed by atoms with Crippen molar-refractivity contribution in [3.63, 3.8) is 0 Å². The number of hydrogen-bond donors (Lipinski definition) is 2. The summed E-state index contributed by atoms with van der Waals surface area (Å²) in [6.45, 7) is 3.42. The number of aromatic nitrogens is 2. The second kappa shape index (κ2) is 5.05. The van der Waals surface area contributed by atoms with Gasteiger partial charge >= 0.3 is 0 Å². The zero-order valence-electron chi connectivity index (χ0n) is 9.43. The van der Waals surface area contributed by atoms with Gasteiger partial charge in [-0.25, -0.2) is 8.78 Å². The highest BCUT2D eigenvalue weighted by molar-refractivity contribution is 5.62. The molecule has 5 heteroatoms. The highest BCUT2D eigenvalue weighted by Crippen LogP contribution is 2.22. The zero-order chi connectivity index (χ0) is 12.3. The van der Waals surface area contributed by atoms with Crippen LogP contribution in [-0.4, -0.2) is 16.7 Å². The quantitative estimate of drug-likeness (QED) is 0.857.